The molecule has 6 nitrogen and oxygen atoms in total. The zero-order chi connectivity index (χ0) is 21.1. The molecule has 0 bridgehead atoms. The van der Waals surface area contributed by atoms with Gasteiger partial charge in [-0.05, 0) is 48.0 Å². The number of hydrogen-bond donors (Lipinski definition) is 3. The van der Waals surface area contributed by atoms with Crippen LogP contribution < -0.4 is 10.1 Å². The average Bonchev–Trinajstić information content (AvgIpc) is 3.15. The van der Waals surface area contributed by atoms with Gasteiger partial charge in [0.25, 0.3) is 5.91 Å². The van der Waals surface area contributed by atoms with E-state index in [0.29, 0.717) is 33.3 Å². The molecule has 0 saturated heterocycles. The number of carbonyl (C=O) groups excluding carboxylic acids is 1. The van der Waals surface area contributed by atoms with Gasteiger partial charge < -0.3 is 20.1 Å². The van der Waals surface area contributed by atoms with Crippen LogP contribution in [0, 0.1) is 0 Å². The molecule has 4 rings (SSSR count). The van der Waals surface area contributed by atoms with Gasteiger partial charge in [0.05, 0.1) is 17.0 Å². The molecule has 0 unspecified atom stereocenters. The summed E-state index contributed by atoms with van der Waals surface area (Å²) in [6.07, 6.45) is 1.58. The molecule has 0 spiro atoms. The molecule has 3 N–H and O–H groups in total. The van der Waals surface area contributed by atoms with Crippen LogP contribution in [0.25, 0.3) is 10.9 Å². The van der Waals surface area contributed by atoms with Crippen LogP contribution in [0.3, 0.4) is 0 Å². The number of hydrogen-bond acceptors (Lipinski definition) is 3. The molecule has 0 aliphatic heterocycles. The van der Waals surface area contributed by atoms with Crippen molar-refractivity contribution >= 4 is 40.1 Å². The number of fused-ring (bicyclic) bond motifs is 1. The van der Waals surface area contributed by atoms with E-state index in [1.807, 2.05) is 24.3 Å². The smallest absolute Gasteiger partial charge is 0.307 e. The molecule has 0 atom stereocenters. The largest absolute Gasteiger partial charge is 0.481 e. The number of carboxylic acid groups (broad SMARTS) is 1. The highest BCUT2D eigenvalue weighted by Crippen LogP contribution is 2.31. The van der Waals surface area contributed by atoms with E-state index in [4.69, 9.17) is 21.4 Å². The third kappa shape index (κ3) is 4.29. The van der Waals surface area contributed by atoms with Crippen LogP contribution in [0.5, 0.6) is 11.5 Å². The van der Waals surface area contributed by atoms with Gasteiger partial charge in [-0.15, -0.1) is 0 Å². The van der Waals surface area contributed by atoms with Crippen LogP contribution in [0.1, 0.15) is 15.9 Å². The second-order valence-electron chi connectivity index (χ2n) is 6.66. The summed E-state index contributed by atoms with van der Waals surface area (Å²) in [5.74, 6) is -0.183. The van der Waals surface area contributed by atoms with Gasteiger partial charge in [-0.3, -0.25) is 9.59 Å². The maximum Gasteiger partial charge on any atom is 0.307 e. The number of H-pyrrole nitrogens is 1. The van der Waals surface area contributed by atoms with Crippen molar-refractivity contribution in [2.24, 2.45) is 0 Å². The van der Waals surface area contributed by atoms with E-state index in [1.54, 1.807) is 48.7 Å². The summed E-state index contributed by atoms with van der Waals surface area (Å²) < 4.78 is 5.76. The minimum absolute atomic E-state index is 0.106. The SMILES string of the molecule is O=C(O)Cc1ccc(Oc2ccc(NC(=O)c3c[nH]c4ccccc34)cc2)c(Cl)c1. The lowest BCUT2D eigenvalue weighted by Gasteiger charge is -2.10. The monoisotopic (exact) mass is 420 g/mol. The van der Waals surface area contributed by atoms with Gasteiger partial charge in [0.15, 0.2) is 0 Å². The first-order valence-corrected chi connectivity index (χ1v) is 9.53. The fourth-order valence-corrected chi connectivity index (χ4v) is 3.34. The summed E-state index contributed by atoms with van der Waals surface area (Å²) in [6.45, 7) is 0. The number of ether oxygens (including phenoxy) is 1. The fourth-order valence-electron chi connectivity index (χ4n) is 3.10. The zero-order valence-corrected chi connectivity index (χ0v) is 16.4. The highest BCUT2D eigenvalue weighted by Gasteiger charge is 2.12. The summed E-state index contributed by atoms with van der Waals surface area (Å²) in [4.78, 5) is 26.5. The van der Waals surface area contributed by atoms with Gasteiger partial charge in [0.2, 0.25) is 0 Å². The second kappa shape index (κ2) is 8.31. The van der Waals surface area contributed by atoms with Crippen molar-refractivity contribution in [3.8, 4) is 11.5 Å². The van der Waals surface area contributed by atoms with Crippen molar-refractivity contribution in [1.82, 2.24) is 4.98 Å². The van der Waals surface area contributed by atoms with Gasteiger partial charge in [0.1, 0.15) is 11.5 Å². The Hall–Kier alpha value is -3.77. The Balaban J connectivity index is 1.44. The number of benzene rings is 3. The van der Waals surface area contributed by atoms with Crippen LogP contribution in [0.15, 0.2) is 72.9 Å². The molecule has 7 heteroatoms. The summed E-state index contributed by atoms with van der Waals surface area (Å²) in [5.41, 5.74) is 2.69. The summed E-state index contributed by atoms with van der Waals surface area (Å²) in [7, 11) is 0. The van der Waals surface area contributed by atoms with E-state index in [9.17, 15) is 9.59 Å². The molecular weight excluding hydrogens is 404 g/mol. The molecular formula is C23H17ClN2O4. The van der Waals surface area contributed by atoms with Crippen molar-refractivity contribution < 1.29 is 19.4 Å². The summed E-state index contributed by atoms with van der Waals surface area (Å²) >= 11 is 6.19. The van der Waals surface area contributed by atoms with Crippen molar-refractivity contribution in [2.75, 3.05) is 5.32 Å². The Morgan fingerprint density at radius 1 is 1.03 bits per heavy atom. The van der Waals surface area contributed by atoms with Crippen LogP contribution in [-0.2, 0) is 11.2 Å². The quantitative estimate of drug-likeness (QED) is 0.384. The fraction of sp³-hybridized carbons (Fsp3) is 0.0435. The summed E-state index contributed by atoms with van der Waals surface area (Å²) in [6, 6.07) is 19.4. The number of aromatic nitrogens is 1. The Labute approximate surface area is 177 Å². The molecule has 0 fully saturated rings. The molecule has 1 heterocycles. The minimum Gasteiger partial charge on any atom is -0.481 e. The normalized spacial score (nSPS) is 10.7. The third-order valence-corrected chi connectivity index (χ3v) is 4.82. The van der Waals surface area contributed by atoms with E-state index in [2.05, 4.69) is 10.3 Å². The molecule has 1 amide bonds. The molecule has 3 aromatic carbocycles. The van der Waals surface area contributed by atoms with Crippen molar-refractivity contribution in [1.29, 1.82) is 0 Å². The number of amides is 1. The van der Waals surface area contributed by atoms with E-state index >= 15 is 0 Å². The minimum atomic E-state index is -0.926. The number of nitrogens with one attached hydrogen (secondary N) is 2. The van der Waals surface area contributed by atoms with E-state index in [-0.39, 0.29) is 12.3 Å². The first-order valence-electron chi connectivity index (χ1n) is 9.15. The second-order valence-corrected chi connectivity index (χ2v) is 7.07. The molecule has 0 aliphatic rings. The Morgan fingerprint density at radius 2 is 1.80 bits per heavy atom. The van der Waals surface area contributed by atoms with E-state index in [0.717, 1.165) is 10.9 Å². The molecule has 0 saturated carbocycles. The predicted octanol–water partition coefficient (Wildman–Crippen LogP) is 5.49. The highest BCUT2D eigenvalue weighted by atomic mass is 35.5. The number of halogens is 1. The Morgan fingerprint density at radius 3 is 2.53 bits per heavy atom. The maximum absolute atomic E-state index is 12.6. The molecule has 0 aliphatic carbocycles. The number of anilines is 1. The Kier molecular flexibility index (Phi) is 5.41. The van der Waals surface area contributed by atoms with E-state index in [1.165, 1.54) is 0 Å². The number of aliphatic carboxylic acids is 1. The number of carbonyl (C=O) groups is 2. The van der Waals surface area contributed by atoms with Crippen LogP contribution in [0.4, 0.5) is 5.69 Å². The number of para-hydroxylation sites is 1. The van der Waals surface area contributed by atoms with Gasteiger partial charge in [-0.2, -0.15) is 0 Å². The Bertz CT molecular complexity index is 1230. The van der Waals surface area contributed by atoms with E-state index < -0.39 is 5.97 Å². The molecule has 30 heavy (non-hydrogen) atoms. The molecule has 1 aromatic heterocycles. The van der Waals surface area contributed by atoms with Crippen LogP contribution in [0.2, 0.25) is 5.02 Å². The topological polar surface area (TPSA) is 91.4 Å². The lowest BCUT2D eigenvalue weighted by Crippen LogP contribution is -2.11. The molecule has 0 radical (unpaired) electrons. The lowest BCUT2D eigenvalue weighted by atomic mass is 10.1. The van der Waals surface area contributed by atoms with Gasteiger partial charge in [-0.25, -0.2) is 0 Å². The van der Waals surface area contributed by atoms with Crippen molar-refractivity contribution in [2.45, 2.75) is 6.42 Å². The van der Waals surface area contributed by atoms with Crippen molar-refractivity contribution in [3.05, 3.63) is 89.1 Å². The number of carboxylic acids is 1. The first kappa shape index (κ1) is 19.5. The van der Waals surface area contributed by atoms with Crippen LogP contribution >= 0.6 is 11.6 Å². The summed E-state index contributed by atoms with van der Waals surface area (Å²) in [5, 5.41) is 12.9. The average molecular weight is 421 g/mol. The van der Waals surface area contributed by atoms with Gasteiger partial charge in [-0.1, -0.05) is 35.9 Å². The maximum atomic E-state index is 12.6. The zero-order valence-electron chi connectivity index (χ0n) is 15.7. The number of aromatic amines is 1. The van der Waals surface area contributed by atoms with Gasteiger partial charge >= 0.3 is 5.97 Å². The standard InChI is InChI=1S/C23H17ClN2O4/c24-19-11-14(12-22(27)28)5-10-21(19)30-16-8-6-15(7-9-16)26-23(29)18-13-25-20-4-2-1-3-17(18)20/h1-11,13,25H,12H2,(H,26,29)(H,27,28). The lowest BCUT2D eigenvalue weighted by molar-refractivity contribution is -0.136. The van der Waals surface area contributed by atoms with Crippen molar-refractivity contribution in [3.63, 3.8) is 0 Å². The van der Waals surface area contributed by atoms with Crippen LogP contribution in [-0.4, -0.2) is 22.0 Å². The molecule has 4 aromatic rings. The third-order valence-electron chi connectivity index (χ3n) is 4.53. The molecule has 150 valence electrons. The number of rotatable bonds is 6. The highest BCUT2D eigenvalue weighted by molar-refractivity contribution is 6.32. The predicted molar refractivity (Wildman–Crippen MR) is 116 cm³/mol. The first-order chi connectivity index (χ1) is 14.5. The van der Waals surface area contributed by atoms with Gasteiger partial charge in [0, 0.05) is 22.8 Å².